The number of thiazole rings is 1. The molecule has 0 amide bonds. The molecule has 8 nitrogen and oxygen atoms in total. The Bertz CT molecular complexity index is 1240. The first-order chi connectivity index (χ1) is 15.7. The van der Waals surface area contributed by atoms with Crippen molar-refractivity contribution in [1.29, 1.82) is 0 Å². The SMILES string of the molecule is CN(c1ccc(-c2ccc(-c3cnn(P)c3)c3ncsc23)nn1)C1CC2COCC(C1)N2. The highest BCUT2D eigenvalue weighted by Gasteiger charge is 2.34. The minimum absolute atomic E-state index is 0.429. The summed E-state index contributed by atoms with van der Waals surface area (Å²) in [5.41, 5.74) is 6.89. The zero-order chi connectivity index (χ0) is 21.7. The zero-order valence-electron chi connectivity index (χ0n) is 17.7. The van der Waals surface area contributed by atoms with Gasteiger partial charge in [-0.15, -0.1) is 21.5 Å². The molecule has 0 spiro atoms. The molecule has 3 unspecified atom stereocenters. The molecule has 2 aliphatic rings. The highest BCUT2D eigenvalue weighted by Crippen LogP contribution is 2.37. The third-order valence-corrected chi connectivity index (χ3v) is 7.60. The fourth-order valence-corrected chi connectivity index (χ4v) is 5.89. The van der Waals surface area contributed by atoms with Gasteiger partial charge in [-0.3, -0.25) is 4.45 Å². The van der Waals surface area contributed by atoms with Crippen LogP contribution in [-0.2, 0) is 4.74 Å². The predicted molar refractivity (Wildman–Crippen MR) is 130 cm³/mol. The molecule has 0 saturated carbocycles. The smallest absolute Gasteiger partial charge is 0.151 e. The number of fused-ring (bicyclic) bond motifs is 3. The molecule has 6 rings (SSSR count). The van der Waals surface area contributed by atoms with Gasteiger partial charge in [-0.05, 0) is 34.4 Å². The number of aromatic nitrogens is 5. The fraction of sp³-hybridized carbons (Fsp3) is 0.364. The second kappa shape index (κ2) is 8.15. The predicted octanol–water partition coefficient (Wildman–Crippen LogP) is 3.21. The molecule has 3 aromatic heterocycles. The summed E-state index contributed by atoms with van der Waals surface area (Å²) in [5, 5.41) is 17.1. The lowest BCUT2D eigenvalue weighted by molar-refractivity contribution is 0.0183. The molecule has 2 fully saturated rings. The van der Waals surface area contributed by atoms with Gasteiger partial charge in [-0.25, -0.2) is 4.98 Å². The number of rotatable bonds is 4. The van der Waals surface area contributed by atoms with E-state index in [1.165, 1.54) is 0 Å². The van der Waals surface area contributed by atoms with E-state index in [0.29, 0.717) is 18.1 Å². The number of hydrogen-bond donors (Lipinski definition) is 1. The van der Waals surface area contributed by atoms with E-state index in [0.717, 1.165) is 64.5 Å². The van der Waals surface area contributed by atoms with Gasteiger partial charge in [0.25, 0.3) is 0 Å². The van der Waals surface area contributed by atoms with Crippen molar-refractivity contribution < 1.29 is 4.74 Å². The molecule has 2 bridgehead atoms. The molecule has 3 atom stereocenters. The number of nitrogens with zero attached hydrogens (tertiary/aromatic N) is 6. The summed E-state index contributed by atoms with van der Waals surface area (Å²) in [5.74, 6) is 0.907. The average molecular weight is 466 g/mol. The molecule has 0 aliphatic carbocycles. The molecule has 2 aliphatic heterocycles. The Balaban J connectivity index is 1.28. The van der Waals surface area contributed by atoms with E-state index in [9.17, 15) is 0 Å². The largest absolute Gasteiger partial charge is 0.378 e. The van der Waals surface area contributed by atoms with Crippen LogP contribution in [0.4, 0.5) is 5.82 Å². The Morgan fingerprint density at radius 1 is 1.12 bits per heavy atom. The Labute approximate surface area is 192 Å². The molecular formula is C22H24N7OPS. The van der Waals surface area contributed by atoms with Crippen LogP contribution >= 0.6 is 20.7 Å². The molecule has 32 heavy (non-hydrogen) atoms. The second-order valence-corrected chi connectivity index (χ2v) is 9.89. The maximum atomic E-state index is 5.68. The molecule has 2 saturated heterocycles. The first-order valence-electron chi connectivity index (χ1n) is 10.7. The quantitative estimate of drug-likeness (QED) is 0.464. The second-order valence-electron chi connectivity index (χ2n) is 8.51. The number of anilines is 1. The monoisotopic (exact) mass is 465 g/mol. The normalized spacial score (nSPS) is 22.9. The van der Waals surface area contributed by atoms with E-state index < -0.39 is 0 Å². The van der Waals surface area contributed by atoms with Crippen LogP contribution < -0.4 is 10.2 Å². The third kappa shape index (κ3) is 3.59. The maximum Gasteiger partial charge on any atom is 0.151 e. The molecule has 10 heteroatoms. The van der Waals surface area contributed by atoms with Crippen LogP contribution in [0.3, 0.4) is 0 Å². The van der Waals surface area contributed by atoms with Crippen molar-refractivity contribution in [2.75, 3.05) is 25.2 Å². The Hall–Kier alpha value is -2.45. The summed E-state index contributed by atoms with van der Waals surface area (Å²) in [4.78, 5) is 6.90. The van der Waals surface area contributed by atoms with Crippen molar-refractivity contribution in [3.05, 3.63) is 42.2 Å². The van der Waals surface area contributed by atoms with Gasteiger partial charge in [0.05, 0.1) is 40.8 Å². The summed E-state index contributed by atoms with van der Waals surface area (Å²) in [6.45, 7) is 1.59. The van der Waals surface area contributed by atoms with E-state index in [1.807, 2.05) is 17.9 Å². The van der Waals surface area contributed by atoms with Gasteiger partial charge in [0.15, 0.2) is 5.82 Å². The van der Waals surface area contributed by atoms with Crippen molar-refractivity contribution in [1.82, 2.24) is 30.0 Å². The Kier molecular flexibility index (Phi) is 5.14. The number of benzene rings is 1. The molecule has 0 radical (unpaired) electrons. The molecule has 1 N–H and O–H groups in total. The van der Waals surface area contributed by atoms with Crippen LogP contribution in [0.25, 0.3) is 32.6 Å². The third-order valence-electron chi connectivity index (χ3n) is 6.45. The molecular weight excluding hydrogens is 441 g/mol. The van der Waals surface area contributed by atoms with Crippen molar-refractivity contribution in [3.63, 3.8) is 0 Å². The van der Waals surface area contributed by atoms with Gasteiger partial charge < -0.3 is 15.0 Å². The standard InChI is InChI=1S/C22H24N7OPS/c1-28(16-6-14-10-30-11-15(7-16)25-14)20-5-4-19(26-27-20)18-3-2-17(13-8-24-29(31)9-13)21-22(18)32-12-23-21/h2-5,8-9,12,14-16,25H,6-7,10-11,31H2,1H3. The topological polar surface area (TPSA) is 81.0 Å². The van der Waals surface area contributed by atoms with Gasteiger partial charge in [-0.1, -0.05) is 12.1 Å². The molecule has 4 aromatic rings. The summed E-state index contributed by atoms with van der Waals surface area (Å²) in [6, 6.07) is 9.65. The van der Waals surface area contributed by atoms with Gasteiger partial charge in [0, 0.05) is 48.1 Å². The summed E-state index contributed by atoms with van der Waals surface area (Å²) < 4.78 is 8.52. The number of piperidine rings is 1. The fourth-order valence-electron chi connectivity index (χ4n) is 4.83. The first kappa shape index (κ1) is 20.2. The number of nitrogens with one attached hydrogen (secondary N) is 1. The summed E-state index contributed by atoms with van der Waals surface area (Å²) in [7, 11) is 4.68. The van der Waals surface area contributed by atoms with Crippen LogP contribution in [-0.4, -0.2) is 63.1 Å². The highest BCUT2D eigenvalue weighted by atomic mass is 32.1. The van der Waals surface area contributed by atoms with E-state index >= 15 is 0 Å². The van der Waals surface area contributed by atoms with Crippen LogP contribution in [0.15, 0.2) is 42.2 Å². The van der Waals surface area contributed by atoms with Crippen LogP contribution in [0, 0.1) is 0 Å². The van der Waals surface area contributed by atoms with Crippen LogP contribution in [0.1, 0.15) is 12.8 Å². The average Bonchev–Trinajstić information content (AvgIpc) is 3.47. The lowest BCUT2D eigenvalue weighted by Gasteiger charge is -2.43. The first-order valence-corrected chi connectivity index (χ1v) is 12.1. The lowest BCUT2D eigenvalue weighted by Crippen LogP contribution is -2.58. The maximum absolute atomic E-state index is 5.68. The van der Waals surface area contributed by atoms with Gasteiger partial charge >= 0.3 is 0 Å². The summed E-state index contributed by atoms with van der Waals surface area (Å²) in [6.07, 6.45) is 5.95. The Morgan fingerprint density at radius 3 is 2.66 bits per heavy atom. The minimum atomic E-state index is 0.429. The van der Waals surface area contributed by atoms with Crippen molar-refractivity contribution in [2.24, 2.45) is 0 Å². The van der Waals surface area contributed by atoms with Crippen molar-refractivity contribution in [2.45, 2.75) is 31.0 Å². The number of morpholine rings is 1. The van der Waals surface area contributed by atoms with E-state index in [4.69, 9.17) is 4.74 Å². The Morgan fingerprint density at radius 2 is 1.94 bits per heavy atom. The minimum Gasteiger partial charge on any atom is -0.378 e. The van der Waals surface area contributed by atoms with Crippen LogP contribution in [0.5, 0.6) is 0 Å². The van der Waals surface area contributed by atoms with Crippen LogP contribution in [0.2, 0.25) is 0 Å². The molecule has 5 heterocycles. The van der Waals surface area contributed by atoms with Gasteiger partial charge in [-0.2, -0.15) is 5.10 Å². The van der Waals surface area contributed by atoms with Crippen molar-refractivity contribution in [3.8, 4) is 22.4 Å². The number of hydrogen-bond acceptors (Lipinski definition) is 8. The van der Waals surface area contributed by atoms with Gasteiger partial charge in [0.2, 0.25) is 0 Å². The molecule has 1 aromatic carbocycles. The lowest BCUT2D eigenvalue weighted by atomic mass is 9.92. The highest BCUT2D eigenvalue weighted by molar-refractivity contribution is 7.17. The summed E-state index contributed by atoms with van der Waals surface area (Å²) >= 11 is 1.63. The number of ether oxygens (including phenoxy) is 1. The zero-order valence-corrected chi connectivity index (χ0v) is 19.7. The van der Waals surface area contributed by atoms with E-state index in [1.54, 1.807) is 15.8 Å². The van der Waals surface area contributed by atoms with Gasteiger partial charge in [0.1, 0.15) is 0 Å². The van der Waals surface area contributed by atoms with E-state index in [2.05, 4.69) is 71.2 Å². The van der Waals surface area contributed by atoms with Crippen molar-refractivity contribution >= 4 is 36.8 Å². The van der Waals surface area contributed by atoms with E-state index in [-0.39, 0.29) is 0 Å². The molecule has 164 valence electrons.